The number of halogens is 1. The van der Waals surface area contributed by atoms with Crippen molar-refractivity contribution >= 4 is 23.2 Å². The van der Waals surface area contributed by atoms with E-state index in [-0.39, 0.29) is 11.8 Å². The van der Waals surface area contributed by atoms with Gasteiger partial charge in [0.1, 0.15) is 13.2 Å². The molecule has 0 saturated heterocycles. The normalized spacial score (nSPS) is 18.4. The third kappa shape index (κ3) is 2.63. The number of hydrogen-bond acceptors (Lipinski definition) is 3. The van der Waals surface area contributed by atoms with Crippen molar-refractivity contribution in [3.05, 3.63) is 17.2 Å². The summed E-state index contributed by atoms with van der Waals surface area (Å²) in [6, 6.07) is 3.43. The maximum atomic E-state index is 12.1. The van der Waals surface area contributed by atoms with Gasteiger partial charge in [-0.25, -0.2) is 0 Å². The lowest BCUT2D eigenvalue weighted by Gasteiger charge is -2.20. The van der Waals surface area contributed by atoms with Gasteiger partial charge in [-0.05, 0) is 12.8 Å². The Balaban J connectivity index is 1.78. The molecule has 1 aliphatic carbocycles. The van der Waals surface area contributed by atoms with Crippen molar-refractivity contribution in [3.8, 4) is 11.5 Å². The van der Waals surface area contributed by atoms with Crippen LogP contribution in [0.3, 0.4) is 0 Å². The summed E-state index contributed by atoms with van der Waals surface area (Å²) in [5.74, 6) is 1.44. The van der Waals surface area contributed by atoms with Crippen molar-refractivity contribution in [2.75, 3.05) is 18.5 Å². The average molecular weight is 282 g/mol. The second kappa shape index (κ2) is 5.29. The van der Waals surface area contributed by atoms with Crippen molar-refractivity contribution in [1.29, 1.82) is 0 Å². The summed E-state index contributed by atoms with van der Waals surface area (Å²) in [6.07, 6.45) is 4.20. The van der Waals surface area contributed by atoms with Crippen molar-refractivity contribution in [2.45, 2.75) is 25.7 Å². The molecule has 3 rings (SSSR count). The highest BCUT2D eigenvalue weighted by Gasteiger charge is 2.24. The number of rotatable bonds is 2. The van der Waals surface area contributed by atoms with Gasteiger partial charge in [-0.2, -0.15) is 0 Å². The fourth-order valence-corrected chi connectivity index (χ4v) is 2.78. The number of benzene rings is 1. The molecule has 1 amide bonds. The molecule has 1 aromatic rings. The molecule has 102 valence electrons. The van der Waals surface area contributed by atoms with Crippen LogP contribution in [0.15, 0.2) is 12.1 Å². The Morgan fingerprint density at radius 2 is 1.79 bits per heavy atom. The number of amides is 1. The van der Waals surface area contributed by atoms with Gasteiger partial charge in [0.05, 0.1) is 10.7 Å². The molecule has 0 unspecified atom stereocenters. The van der Waals surface area contributed by atoms with Crippen LogP contribution in [0.2, 0.25) is 5.02 Å². The van der Waals surface area contributed by atoms with E-state index in [0.717, 1.165) is 25.7 Å². The van der Waals surface area contributed by atoms with E-state index >= 15 is 0 Å². The second-order valence-electron chi connectivity index (χ2n) is 4.95. The van der Waals surface area contributed by atoms with Crippen molar-refractivity contribution in [1.82, 2.24) is 0 Å². The fourth-order valence-electron chi connectivity index (χ4n) is 2.58. The molecule has 1 fully saturated rings. The highest BCUT2D eigenvalue weighted by atomic mass is 35.5. The Hall–Kier alpha value is -1.42. The summed E-state index contributed by atoms with van der Waals surface area (Å²) < 4.78 is 10.9. The Bertz CT molecular complexity index is 498. The largest absolute Gasteiger partial charge is 0.486 e. The third-order valence-corrected chi connectivity index (χ3v) is 3.93. The molecular weight excluding hydrogens is 266 g/mol. The standard InChI is InChI=1S/C14H16ClNO3/c15-10-7-12-13(19-6-5-18-12)8-11(10)16-14(17)9-3-1-2-4-9/h7-9H,1-6H2,(H,16,17). The minimum atomic E-state index is 0.0519. The molecule has 1 saturated carbocycles. The molecule has 19 heavy (non-hydrogen) atoms. The van der Waals surface area contributed by atoms with Gasteiger partial charge in [0.2, 0.25) is 5.91 Å². The number of hydrogen-bond donors (Lipinski definition) is 1. The molecule has 0 spiro atoms. The van der Waals surface area contributed by atoms with Gasteiger partial charge < -0.3 is 14.8 Å². The topological polar surface area (TPSA) is 47.6 Å². The van der Waals surface area contributed by atoms with Crippen molar-refractivity contribution in [3.63, 3.8) is 0 Å². The first kappa shape index (κ1) is 12.6. The molecule has 0 radical (unpaired) electrons. The molecule has 5 heteroatoms. The van der Waals surface area contributed by atoms with Crippen LogP contribution in [0, 0.1) is 5.92 Å². The van der Waals surface area contributed by atoms with Gasteiger partial charge in [-0.1, -0.05) is 24.4 Å². The molecule has 1 aromatic carbocycles. The molecular formula is C14H16ClNO3. The minimum absolute atomic E-state index is 0.0519. The number of ether oxygens (including phenoxy) is 2. The summed E-state index contributed by atoms with van der Waals surface area (Å²) in [5, 5.41) is 3.38. The number of fused-ring (bicyclic) bond motifs is 1. The van der Waals surface area contributed by atoms with Gasteiger partial charge >= 0.3 is 0 Å². The zero-order chi connectivity index (χ0) is 13.2. The van der Waals surface area contributed by atoms with Gasteiger partial charge in [0.25, 0.3) is 0 Å². The number of carbonyl (C=O) groups excluding carboxylic acids is 1. The highest BCUT2D eigenvalue weighted by molar-refractivity contribution is 6.34. The van der Waals surface area contributed by atoms with Crippen LogP contribution in [0.1, 0.15) is 25.7 Å². The number of anilines is 1. The lowest BCUT2D eigenvalue weighted by Crippen LogP contribution is -2.21. The van der Waals surface area contributed by atoms with E-state index in [1.807, 2.05) is 0 Å². The Labute approximate surface area is 117 Å². The molecule has 0 bridgehead atoms. The fraction of sp³-hybridized carbons (Fsp3) is 0.500. The van der Waals surface area contributed by atoms with Crippen LogP contribution in [0.5, 0.6) is 11.5 Å². The van der Waals surface area contributed by atoms with E-state index in [9.17, 15) is 4.79 Å². The third-order valence-electron chi connectivity index (χ3n) is 3.62. The molecule has 2 aliphatic rings. The molecule has 1 N–H and O–H groups in total. The van der Waals surface area contributed by atoms with Crippen molar-refractivity contribution in [2.24, 2.45) is 5.92 Å². The van der Waals surface area contributed by atoms with E-state index in [1.54, 1.807) is 12.1 Å². The van der Waals surface area contributed by atoms with Gasteiger partial charge in [0, 0.05) is 18.1 Å². The van der Waals surface area contributed by atoms with Crippen molar-refractivity contribution < 1.29 is 14.3 Å². The predicted octanol–water partition coefficient (Wildman–Crippen LogP) is 3.24. The molecule has 1 aliphatic heterocycles. The molecule has 1 heterocycles. The van der Waals surface area contributed by atoms with Crippen LogP contribution in [0.4, 0.5) is 5.69 Å². The summed E-state index contributed by atoms with van der Waals surface area (Å²) in [6.45, 7) is 1.04. The van der Waals surface area contributed by atoms with E-state index in [1.165, 1.54) is 0 Å². The maximum absolute atomic E-state index is 12.1. The Kier molecular flexibility index (Phi) is 3.51. The monoisotopic (exact) mass is 281 g/mol. The van der Waals surface area contributed by atoms with Gasteiger partial charge in [-0.15, -0.1) is 0 Å². The van der Waals surface area contributed by atoms with Gasteiger partial charge in [-0.3, -0.25) is 4.79 Å². The highest BCUT2D eigenvalue weighted by Crippen LogP contribution is 2.38. The van der Waals surface area contributed by atoms with Crippen LogP contribution < -0.4 is 14.8 Å². The van der Waals surface area contributed by atoms with E-state index in [0.29, 0.717) is 35.4 Å². The van der Waals surface area contributed by atoms with Crippen LogP contribution in [0.25, 0.3) is 0 Å². The predicted molar refractivity (Wildman–Crippen MR) is 73.0 cm³/mol. The van der Waals surface area contributed by atoms with Crippen LogP contribution in [-0.2, 0) is 4.79 Å². The first-order chi connectivity index (χ1) is 9.24. The first-order valence-electron chi connectivity index (χ1n) is 6.64. The SMILES string of the molecule is O=C(Nc1cc2c(cc1Cl)OCCO2)C1CCCC1. The summed E-state index contributed by atoms with van der Waals surface area (Å²) in [7, 11) is 0. The van der Waals surface area contributed by atoms with Crippen LogP contribution in [-0.4, -0.2) is 19.1 Å². The Morgan fingerprint density at radius 1 is 1.16 bits per heavy atom. The zero-order valence-electron chi connectivity index (χ0n) is 10.6. The molecule has 4 nitrogen and oxygen atoms in total. The number of nitrogens with one attached hydrogen (secondary N) is 1. The van der Waals surface area contributed by atoms with Gasteiger partial charge in [0.15, 0.2) is 11.5 Å². The maximum Gasteiger partial charge on any atom is 0.227 e. The number of carbonyl (C=O) groups is 1. The zero-order valence-corrected chi connectivity index (χ0v) is 11.3. The van der Waals surface area contributed by atoms with E-state index < -0.39 is 0 Å². The quantitative estimate of drug-likeness (QED) is 0.905. The Morgan fingerprint density at radius 3 is 2.47 bits per heavy atom. The summed E-state index contributed by atoms with van der Waals surface area (Å²) >= 11 is 6.16. The smallest absolute Gasteiger partial charge is 0.227 e. The lowest BCUT2D eigenvalue weighted by molar-refractivity contribution is -0.119. The second-order valence-corrected chi connectivity index (χ2v) is 5.35. The minimum Gasteiger partial charge on any atom is -0.486 e. The summed E-state index contributed by atoms with van der Waals surface area (Å²) in [4.78, 5) is 12.1. The summed E-state index contributed by atoms with van der Waals surface area (Å²) in [5.41, 5.74) is 0.600. The average Bonchev–Trinajstić information content (AvgIpc) is 2.93. The lowest BCUT2D eigenvalue weighted by atomic mass is 10.1. The van der Waals surface area contributed by atoms with Crippen LogP contribution >= 0.6 is 11.6 Å². The van der Waals surface area contributed by atoms with E-state index in [4.69, 9.17) is 21.1 Å². The molecule has 0 aromatic heterocycles. The molecule has 0 atom stereocenters. The first-order valence-corrected chi connectivity index (χ1v) is 7.02. The van der Waals surface area contributed by atoms with E-state index in [2.05, 4.69) is 5.32 Å².